The van der Waals surface area contributed by atoms with Crippen LogP contribution >= 0.6 is 0 Å². The van der Waals surface area contributed by atoms with Crippen molar-refractivity contribution in [1.82, 2.24) is 15.0 Å². The fraction of sp³-hybridized carbons (Fsp3) is 0.0952. The van der Waals surface area contributed by atoms with Crippen molar-refractivity contribution in [1.29, 1.82) is 0 Å². The number of fused-ring (bicyclic) bond motifs is 1. The molecule has 2 aromatic heterocycles. The largest absolute Gasteiger partial charge is 0.351 e. The third-order valence-electron chi connectivity index (χ3n) is 4.53. The number of carbonyl (C=O) groups excluding carboxylic acids is 1. The molecule has 0 saturated carbocycles. The zero-order valence-electron chi connectivity index (χ0n) is 14.6. The van der Waals surface area contributed by atoms with Gasteiger partial charge in [-0.3, -0.25) is 4.79 Å². The predicted octanol–water partition coefficient (Wildman–Crippen LogP) is 4.49. The van der Waals surface area contributed by atoms with E-state index >= 15 is 0 Å². The van der Waals surface area contributed by atoms with Gasteiger partial charge in [-0.2, -0.15) is 0 Å². The fourth-order valence-electron chi connectivity index (χ4n) is 2.91. The summed E-state index contributed by atoms with van der Waals surface area (Å²) in [5.74, 6) is 0.412. The van der Waals surface area contributed by atoms with Gasteiger partial charge in [0.1, 0.15) is 5.69 Å². The number of hydrogen-bond acceptors (Lipinski definition) is 3. The molecule has 1 amide bonds. The van der Waals surface area contributed by atoms with Crippen LogP contribution in [0.4, 0.5) is 5.69 Å². The first-order chi connectivity index (χ1) is 12.6. The molecular weight excluding hydrogens is 324 g/mol. The van der Waals surface area contributed by atoms with Crippen molar-refractivity contribution in [2.75, 3.05) is 5.32 Å². The highest BCUT2D eigenvalue weighted by molar-refractivity contribution is 6.06. The monoisotopic (exact) mass is 342 g/mol. The van der Waals surface area contributed by atoms with Crippen molar-refractivity contribution in [3.8, 4) is 11.4 Å². The van der Waals surface area contributed by atoms with Crippen molar-refractivity contribution < 1.29 is 4.79 Å². The van der Waals surface area contributed by atoms with Gasteiger partial charge < -0.3 is 10.3 Å². The zero-order valence-corrected chi connectivity index (χ0v) is 14.6. The Balaban J connectivity index is 1.56. The molecule has 0 unspecified atom stereocenters. The SMILES string of the molecule is Cc1ccc2[nH]c(C(=O)Nc3cnc(-c4ccccc4)nc3)cc2c1C. The average molecular weight is 342 g/mol. The smallest absolute Gasteiger partial charge is 0.272 e. The van der Waals surface area contributed by atoms with E-state index in [4.69, 9.17) is 0 Å². The van der Waals surface area contributed by atoms with Crippen LogP contribution in [0.1, 0.15) is 21.6 Å². The Hall–Kier alpha value is -3.47. The lowest BCUT2D eigenvalue weighted by molar-refractivity contribution is 0.102. The summed E-state index contributed by atoms with van der Waals surface area (Å²) in [6.07, 6.45) is 3.23. The minimum Gasteiger partial charge on any atom is -0.351 e. The minimum absolute atomic E-state index is 0.214. The molecule has 0 aliphatic carbocycles. The van der Waals surface area contributed by atoms with Gasteiger partial charge in [0.2, 0.25) is 0 Å². The number of nitrogens with one attached hydrogen (secondary N) is 2. The number of benzene rings is 2. The lowest BCUT2D eigenvalue weighted by atomic mass is 10.1. The van der Waals surface area contributed by atoms with Gasteiger partial charge in [-0.1, -0.05) is 36.4 Å². The summed E-state index contributed by atoms with van der Waals surface area (Å²) < 4.78 is 0. The van der Waals surface area contributed by atoms with Crippen molar-refractivity contribution in [3.63, 3.8) is 0 Å². The number of anilines is 1. The molecule has 0 saturated heterocycles. The molecule has 0 spiro atoms. The summed E-state index contributed by atoms with van der Waals surface area (Å²) in [6, 6.07) is 15.6. The number of H-pyrrole nitrogens is 1. The van der Waals surface area contributed by atoms with Crippen LogP contribution in [-0.4, -0.2) is 20.9 Å². The number of aromatic nitrogens is 3. The Labute approximate surface area is 151 Å². The zero-order chi connectivity index (χ0) is 18.1. The van der Waals surface area contributed by atoms with Gasteiger partial charge in [0.15, 0.2) is 5.82 Å². The summed E-state index contributed by atoms with van der Waals surface area (Å²) in [5, 5.41) is 3.90. The number of rotatable bonds is 3. The normalized spacial score (nSPS) is 10.8. The first-order valence-corrected chi connectivity index (χ1v) is 8.39. The third kappa shape index (κ3) is 2.95. The molecule has 2 heterocycles. The van der Waals surface area contributed by atoms with E-state index in [-0.39, 0.29) is 5.91 Å². The molecule has 0 radical (unpaired) electrons. The van der Waals surface area contributed by atoms with Crippen LogP contribution in [0.25, 0.3) is 22.3 Å². The highest BCUT2D eigenvalue weighted by Crippen LogP contribution is 2.23. The number of carbonyl (C=O) groups is 1. The van der Waals surface area contributed by atoms with E-state index in [0.717, 1.165) is 16.5 Å². The van der Waals surface area contributed by atoms with Crippen LogP contribution < -0.4 is 5.32 Å². The molecule has 0 fully saturated rings. The quantitative estimate of drug-likeness (QED) is 0.576. The molecule has 26 heavy (non-hydrogen) atoms. The van der Waals surface area contributed by atoms with E-state index in [1.165, 1.54) is 11.1 Å². The van der Waals surface area contributed by atoms with Crippen molar-refractivity contribution >= 4 is 22.5 Å². The van der Waals surface area contributed by atoms with Gasteiger partial charge in [-0.05, 0) is 37.1 Å². The highest BCUT2D eigenvalue weighted by Gasteiger charge is 2.12. The molecule has 2 N–H and O–H groups in total. The predicted molar refractivity (Wildman–Crippen MR) is 103 cm³/mol. The Morgan fingerprint density at radius 3 is 2.46 bits per heavy atom. The molecule has 128 valence electrons. The average Bonchev–Trinajstić information content (AvgIpc) is 3.11. The van der Waals surface area contributed by atoms with Gasteiger partial charge in [0, 0.05) is 16.5 Å². The first kappa shape index (κ1) is 16.0. The Morgan fingerprint density at radius 1 is 1.00 bits per heavy atom. The summed E-state index contributed by atoms with van der Waals surface area (Å²) in [5.41, 5.74) is 5.34. The van der Waals surface area contributed by atoms with E-state index in [1.807, 2.05) is 48.5 Å². The van der Waals surface area contributed by atoms with Crippen LogP contribution in [0.5, 0.6) is 0 Å². The minimum atomic E-state index is -0.214. The second kappa shape index (κ2) is 6.44. The van der Waals surface area contributed by atoms with Crippen LogP contribution in [0, 0.1) is 13.8 Å². The van der Waals surface area contributed by atoms with Crippen molar-refractivity contribution in [2.45, 2.75) is 13.8 Å². The Kier molecular flexibility index (Phi) is 3.97. The Bertz CT molecular complexity index is 1080. The van der Waals surface area contributed by atoms with Crippen LogP contribution in [0.15, 0.2) is 60.9 Å². The lowest BCUT2D eigenvalue weighted by Gasteiger charge is -2.04. The summed E-state index contributed by atoms with van der Waals surface area (Å²) >= 11 is 0. The van der Waals surface area contributed by atoms with Crippen molar-refractivity contribution in [2.24, 2.45) is 0 Å². The maximum atomic E-state index is 12.5. The molecular formula is C21H18N4O. The van der Waals surface area contributed by atoms with Crippen LogP contribution in [0.2, 0.25) is 0 Å². The molecule has 5 nitrogen and oxygen atoms in total. The van der Waals surface area contributed by atoms with E-state index in [0.29, 0.717) is 17.2 Å². The molecule has 5 heteroatoms. The topological polar surface area (TPSA) is 70.7 Å². The maximum absolute atomic E-state index is 12.5. The summed E-state index contributed by atoms with van der Waals surface area (Å²) in [7, 11) is 0. The van der Waals surface area contributed by atoms with Gasteiger partial charge in [-0.15, -0.1) is 0 Å². The number of nitrogens with zero attached hydrogens (tertiary/aromatic N) is 2. The lowest BCUT2D eigenvalue weighted by Crippen LogP contribution is -2.12. The number of hydrogen-bond donors (Lipinski definition) is 2. The number of amides is 1. The van der Waals surface area contributed by atoms with Crippen LogP contribution in [-0.2, 0) is 0 Å². The van der Waals surface area contributed by atoms with E-state index in [1.54, 1.807) is 12.4 Å². The number of aromatic amines is 1. The highest BCUT2D eigenvalue weighted by atomic mass is 16.1. The molecule has 0 bridgehead atoms. The fourth-order valence-corrected chi connectivity index (χ4v) is 2.91. The summed E-state index contributed by atoms with van der Waals surface area (Å²) in [4.78, 5) is 24.4. The van der Waals surface area contributed by atoms with E-state index in [2.05, 4.69) is 34.1 Å². The van der Waals surface area contributed by atoms with E-state index < -0.39 is 0 Å². The van der Waals surface area contributed by atoms with E-state index in [9.17, 15) is 4.79 Å². The Morgan fingerprint density at radius 2 is 1.73 bits per heavy atom. The van der Waals surface area contributed by atoms with Gasteiger partial charge in [0.05, 0.1) is 18.1 Å². The second-order valence-electron chi connectivity index (χ2n) is 6.27. The third-order valence-corrected chi connectivity index (χ3v) is 4.53. The molecule has 4 aromatic rings. The second-order valence-corrected chi connectivity index (χ2v) is 6.27. The molecule has 0 atom stereocenters. The standard InChI is InChI=1S/C21H18N4O/c1-13-8-9-18-17(14(13)2)10-19(25-18)21(26)24-16-11-22-20(23-12-16)15-6-4-3-5-7-15/h3-12,25H,1-2H3,(H,24,26). The van der Waals surface area contributed by atoms with Crippen LogP contribution in [0.3, 0.4) is 0 Å². The van der Waals surface area contributed by atoms with Crippen molar-refractivity contribution in [3.05, 3.63) is 77.7 Å². The first-order valence-electron chi connectivity index (χ1n) is 8.39. The summed E-state index contributed by atoms with van der Waals surface area (Å²) in [6.45, 7) is 4.12. The van der Waals surface area contributed by atoms with Gasteiger partial charge >= 0.3 is 0 Å². The molecule has 2 aromatic carbocycles. The van der Waals surface area contributed by atoms with Gasteiger partial charge in [-0.25, -0.2) is 9.97 Å². The van der Waals surface area contributed by atoms with Gasteiger partial charge in [0.25, 0.3) is 5.91 Å². The maximum Gasteiger partial charge on any atom is 0.272 e. The molecule has 0 aliphatic heterocycles. The molecule has 4 rings (SSSR count). The molecule has 0 aliphatic rings. The number of aryl methyl sites for hydroxylation is 2.